The highest BCUT2D eigenvalue weighted by Crippen LogP contribution is 2.57. The largest absolute Gasteiger partial charge is 0.345 e. The third-order valence-corrected chi connectivity index (χ3v) is 8.16. The molecule has 0 N–H and O–H groups in total. The topological polar surface area (TPSA) is 60.0 Å². The molecule has 1 aromatic heterocycles. The minimum absolute atomic E-state index is 0.0289. The highest BCUT2D eigenvalue weighted by Gasteiger charge is 2.64. The molecule has 4 saturated heterocycles. The normalized spacial score (nSPS) is 29.0. The smallest absolute Gasteiger partial charge is 0.319 e. The van der Waals surface area contributed by atoms with E-state index >= 15 is 0 Å². The summed E-state index contributed by atoms with van der Waals surface area (Å²) in [6.07, 6.45) is 8.77. The molecule has 162 valence electrons. The first-order valence-corrected chi connectivity index (χ1v) is 11.4. The van der Waals surface area contributed by atoms with Gasteiger partial charge in [-0.2, -0.15) is 0 Å². The summed E-state index contributed by atoms with van der Waals surface area (Å²) in [6.45, 7) is 6.78. The van der Waals surface area contributed by atoms with Crippen molar-refractivity contribution in [2.75, 3.05) is 52.9 Å². The summed E-state index contributed by atoms with van der Waals surface area (Å²) >= 11 is 0. The van der Waals surface area contributed by atoms with Gasteiger partial charge in [-0.05, 0) is 43.7 Å². The Balaban J connectivity index is 1.35. The molecular formula is C23H33N5O2. The first-order chi connectivity index (χ1) is 14.5. The molecule has 4 fully saturated rings. The van der Waals surface area contributed by atoms with Crippen LogP contribution in [-0.4, -0.2) is 89.4 Å². The van der Waals surface area contributed by atoms with Crippen LogP contribution in [0.2, 0.25) is 0 Å². The molecule has 4 aliphatic rings. The standard InChI is InChI=1S/C23H33N5O2/c1-25-12-8-23(20(25)29)18-26(16-19-5-4-9-24-15-19)17-22(23)6-13-28(14-7-22)21(30)27-10-2-3-11-27/h4-5,9,15H,2-3,6-8,10-14,16-18H2,1H3. The van der Waals surface area contributed by atoms with Gasteiger partial charge in [0.05, 0.1) is 5.41 Å². The van der Waals surface area contributed by atoms with Gasteiger partial charge in [0.15, 0.2) is 0 Å². The third-order valence-electron chi connectivity index (χ3n) is 8.16. The van der Waals surface area contributed by atoms with E-state index in [0.717, 1.165) is 84.5 Å². The van der Waals surface area contributed by atoms with Crippen molar-refractivity contribution < 1.29 is 9.59 Å². The van der Waals surface area contributed by atoms with E-state index in [1.54, 1.807) is 6.20 Å². The highest BCUT2D eigenvalue weighted by molar-refractivity contribution is 5.86. The minimum Gasteiger partial charge on any atom is -0.345 e. The predicted molar refractivity (Wildman–Crippen MR) is 114 cm³/mol. The number of likely N-dealkylation sites (tertiary alicyclic amines) is 4. The van der Waals surface area contributed by atoms with Gasteiger partial charge >= 0.3 is 6.03 Å². The van der Waals surface area contributed by atoms with E-state index in [1.165, 1.54) is 5.56 Å². The summed E-state index contributed by atoms with van der Waals surface area (Å²) in [5.41, 5.74) is 0.871. The molecule has 1 aromatic rings. The SMILES string of the molecule is CN1CCC2(CN(Cc3cccnc3)CC23CCN(C(=O)N2CCCC2)CC3)C1=O. The number of pyridine rings is 1. The Hall–Kier alpha value is -2.15. The van der Waals surface area contributed by atoms with Crippen molar-refractivity contribution in [2.24, 2.45) is 10.8 Å². The summed E-state index contributed by atoms with van der Waals surface area (Å²) in [6, 6.07) is 4.30. The zero-order chi connectivity index (χ0) is 20.8. The second-order valence-corrected chi connectivity index (χ2v) is 9.81. The average molecular weight is 412 g/mol. The van der Waals surface area contributed by atoms with E-state index in [2.05, 4.69) is 16.0 Å². The van der Waals surface area contributed by atoms with Crippen molar-refractivity contribution in [3.8, 4) is 0 Å². The summed E-state index contributed by atoms with van der Waals surface area (Å²) in [7, 11) is 1.95. The fourth-order valence-electron chi connectivity index (χ4n) is 6.49. The highest BCUT2D eigenvalue weighted by atomic mass is 16.2. The number of aromatic nitrogens is 1. The zero-order valence-electron chi connectivity index (χ0n) is 18.1. The van der Waals surface area contributed by atoms with Gasteiger partial charge < -0.3 is 14.7 Å². The Morgan fingerprint density at radius 2 is 1.77 bits per heavy atom. The van der Waals surface area contributed by atoms with Crippen LogP contribution < -0.4 is 0 Å². The molecule has 0 aromatic carbocycles. The van der Waals surface area contributed by atoms with Gasteiger partial charge in [-0.25, -0.2) is 4.79 Å². The van der Waals surface area contributed by atoms with E-state index in [-0.39, 0.29) is 16.9 Å². The predicted octanol–water partition coefficient (Wildman–Crippen LogP) is 2.04. The molecule has 1 unspecified atom stereocenters. The van der Waals surface area contributed by atoms with E-state index in [4.69, 9.17) is 0 Å². The minimum atomic E-state index is -0.299. The molecule has 0 radical (unpaired) electrons. The second kappa shape index (κ2) is 7.52. The summed E-state index contributed by atoms with van der Waals surface area (Å²) in [5.74, 6) is 0.315. The first kappa shape index (κ1) is 19.8. The number of piperidine rings is 1. The number of hydrogen-bond acceptors (Lipinski definition) is 4. The van der Waals surface area contributed by atoms with E-state index in [1.807, 2.05) is 34.0 Å². The van der Waals surface area contributed by atoms with Gasteiger partial charge in [-0.1, -0.05) is 6.07 Å². The van der Waals surface area contributed by atoms with Crippen LogP contribution in [0.3, 0.4) is 0 Å². The Bertz CT molecular complexity index is 801. The van der Waals surface area contributed by atoms with Crippen molar-refractivity contribution in [1.29, 1.82) is 0 Å². The second-order valence-electron chi connectivity index (χ2n) is 9.81. The lowest BCUT2D eigenvalue weighted by atomic mass is 9.60. The molecule has 0 saturated carbocycles. The molecule has 4 aliphatic heterocycles. The quantitative estimate of drug-likeness (QED) is 0.747. The third kappa shape index (κ3) is 3.09. The number of fused-ring (bicyclic) bond motifs is 1. The van der Waals surface area contributed by atoms with Crippen LogP contribution in [0.15, 0.2) is 24.5 Å². The van der Waals surface area contributed by atoms with Crippen molar-refractivity contribution in [3.63, 3.8) is 0 Å². The number of hydrogen-bond donors (Lipinski definition) is 0. The fraction of sp³-hybridized carbons (Fsp3) is 0.696. The van der Waals surface area contributed by atoms with Crippen molar-refractivity contribution in [3.05, 3.63) is 30.1 Å². The number of urea groups is 1. The van der Waals surface area contributed by atoms with Crippen molar-refractivity contribution >= 4 is 11.9 Å². The molecule has 7 heteroatoms. The molecule has 3 amide bonds. The number of amides is 3. The number of carbonyl (C=O) groups excluding carboxylic acids is 2. The van der Waals surface area contributed by atoms with Crippen molar-refractivity contribution in [2.45, 2.75) is 38.6 Å². The summed E-state index contributed by atoms with van der Waals surface area (Å²) < 4.78 is 0. The number of nitrogens with zero attached hydrogens (tertiary/aromatic N) is 5. The molecule has 30 heavy (non-hydrogen) atoms. The Kier molecular flexibility index (Phi) is 4.96. The molecule has 0 bridgehead atoms. The Morgan fingerprint density at radius 1 is 1.03 bits per heavy atom. The molecule has 7 nitrogen and oxygen atoms in total. The van der Waals surface area contributed by atoms with Crippen LogP contribution in [0.1, 0.15) is 37.7 Å². The maximum atomic E-state index is 13.4. The summed E-state index contributed by atoms with van der Waals surface area (Å²) in [5, 5.41) is 0. The lowest BCUT2D eigenvalue weighted by Gasteiger charge is -2.47. The molecule has 0 aliphatic carbocycles. The van der Waals surface area contributed by atoms with Gasteiger partial charge in [0.25, 0.3) is 0 Å². The maximum Gasteiger partial charge on any atom is 0.319 e. The number of rotatable bonds is 2. The lowest BCUT2D eigenvalue weighted by Crippen LogP contribution is -2.55. The van der Waals surface area contributed by atoms with Gasteiger partial charge in [-0.3, -0.25) is 14.7 Å². The van der Waals surface area contributed by atoms with Crippen LogP contribution in [0, 0.1) is 10.8 Å². The van der Waals surface area contributed by atoms with Gasteiger partial charge in [0.2, 0.25) is 5.91 Å². The molecule has 1 atom stereocenters. The van der Waals surface area contributed by atoms with Gasteiger partial charge in [-0.15, -0.1) is 0 Å². The van der Waals surface area contributed by atoms with Crippen LogP contribution in [-0.2, 0) is 11.3 Å². The molecule has 5 rings (SSSR count). The Labute approximate surface area is 179 Å². The lowest BCUT2D eigenvalue weighted by molar-refractivity contribution is -0.141. The van der Waals surface area contributed by atoms with Gasteiger partial charge in [0.1, 0.15) is 0 Å². The average Bonchev–Trinajstić information content (AvgIpc) is 3.46. The molecular weight excluding hydrogens is 378 g/mol. The van der Waals surface area contributed by atoms with Crippen LogP contribution in [0.25, 0.3) is 0 Å². The van der Waals surface area contributed by atoms with Gasteiger partial charge in [0, 0.05) is 77.2 Å². The van der Waals surface area contributed by atoms with E-state index < -0.39 is 0 Å². The van der Waals surface area contributed by atoms with Crippen LogP contribution in [0.5, 0.6) is 0 Å². The van der Waals surface area contributed by atoms with Crippen LogP contribution in [0.4, 0.5) is 4.79 Å². The molecule has 2 spiro atoms. The first-order valence-electron chi connectivity index (χ1n) is 11.4. The fourth-order valence-corrected chi connectivity index (χ4v) is 6.49. The van der Waals surface area contributed by atoms with E-state index in [0.29, 0.717) is 5.91 Å². The zero-order valence-corrected chi connectivity index (χ0v) is 18.1. The number of carbonyl (C=O) groups is 2. The van der Waals surface area contributed by atoms with Crippen LogP contribution >= 0.6 is 0 Å². The monoisotopic (exact) mass is 411 g/mol. The molecule has 5 heterocycles. The maximum absolute atomic E-state index is 13.4. The summed E-state index contributed by atoms with van der Waals surface area (Å²) in [4.78, 5) is 39.0. The van der Waals surface area contributed by atoms with E-state index in [9.17, 15) is 9.59 Å². The van der Waals surface area contributed by atoms with Crippen molar-refractivity contribution in [1.82, 2.24) is 24.6 Å². The Morgan fingerprint density at radius 3 is 2.40 bits per heavy atom.